The predicted octanol–water partition coefficient (Wildman–Crippen LogP) is 3.84. The van der Waals surface area contributed by atoms with E-state index in [4.69, 9.17) is 16.7 Å². The molecule has 1 aliphatic carbocycles. The zero-order valence-electron chi connectivity index (χ0n) is 11.0. The van der Waals surface area contributed by atoms with Crippen LogP contribution in [0.15, 0.2) is 24.3 Å². The van der Waals surface area contributed by atoms with Gasteiger partial charge in [0.15, 0.2) is 0 Å². The molecule has 0 radical (unpaired) electrons. The molecule has 6 heteroatoms. The molecule has 0 saturated carbocycles. The summed E-state index contributed by atoms with van der Waals surface area (Å²) in [5.41, 5.74) is 1.47. The molecule has 4 nitrogen and oxygen atoms in total. The molecule has 1 aromatic carbocycles. The molecule has 1 aromatic heterocycles. The lowest BCUT2D eigenvalue weighted by Crippen LogP contribution is -2.13. The maximum Gasteiger partial charge on any atom is 0.337 e. The maximum atomic E-state index is 12.3. The minimum Gasteiger partial charge on any atom is -0.478 e. The van der Waals surface area contributed by atoms with Gasteiger partial charge in [-0.05, 0) is 49.1 Å². The molecule has 0 bridgehead atoms. The van der Waals surface area contributed by atoms with Crippen molar-refractivity contribution in [1.82, 2.24) is 0 Å². The van der Waals surface area contributed by atoms with E-state index in [-0.39, 0.29) is 17.2 Å². The smallest absolute Gasteiger partial charge is 0.337 e. The van der Waals surface area contributed by atoms with Crippen LogP contribution in [0.3, 0.4) is 0 Å². The number of amides is 1. The second-order valence-electron chi connectivity index (χ2n) is 4.86. The van der Waals surface area contributed by atoms with Gasteiger partial charge in [0.1, 0.15) is 0 Å². The molecule has 3 rings (SSSR count). The second kappa shape index (κ2) is 5.50. The van der Waals surface area contributed by atoms with E-state index in [0.717, 1.165) is 19.3 Å². The first-order valence-corrected chi connectivity index (χ1v) is 7.70. The number of fused-ring (bicyclic) bond motifs is 1. The molecule has 0 atom stereocenters. The molecule has 2 aromatic rings. The Balaban J connectivity index is 1.87. The molecule has 0 saturated heterocycles. The molecule has 0 unspecified atom stereocenters. The first-order chi connectivity index (χ1) is 10.0. The van der Waals surface area contributed by atoms with E-state index in [2.05, 4.69) is 5.32 Å². The topological polar surface area (TPSA) is 66.4 Å². The number of thiophene rings is 1. The highest BCUT2D eigenvalue weighted by molar-refractivity contribution is 7.14. The van der Waals surface area contributed by atoms with Crippen LogP contribution in [0.1, 0.15) is 36.9 Å². The zero-order valence-corrected chi connectivity index (χ0v) is 12.6. The van der Waals surface area contributed by atoms with Crippen LogP contribution in [0.25, 0.3) is 0 Å². The minimum atomic E-state index is -1.10. The molecular formula is C15H12ClNO3S. The summed E-state index contributed by atoms with van der Waals surface area (Å²) >= 11 is 7.35. The number of carbonyl (C=O) groups excluding carboxylic acids is 1. The maximum absolute atomic E-state index is 12.3. The van der Waals surface area contributed by atoms with E-state index in [1.165, 1.54) is 40.0 Å². The first-order valence-electron chi connectivity index (χ1n) is 6.50. The fourth-order valence-electron chi connectivity index (χ4n) is 2.43. The number of hydrogen-bond donors (Lipinski definition) is 2. The lowest BCUT2D eigenvalue weighted by Gasteiger charge is -2.08. The highest BCUT2D eigenvalue weighted by Gasteiger charge is 2.20. The zero-order chi connectivity index (χ0) is 15.0. The highest BCUT2D eigenvalue weighted by atomic mass is 35.5. The molecule has 0 aliphatic heterocycles. The molecule has 1 aliphatic rings. The van der Waals surface area contributed by atoms with Gasteiger partial charge in [-0.25, -0.2) is 4.79 Å². The number of nitrogens with one attached hydrogen (secondary N) is 1. The summed E-state index contributed by atoms with van der Waals surface area (Å²) in [6.07, 6.45) is 3.17. The number of rotatable bonds is 3. The van der Waals surface area contributed by atoms with Crippen molar-refractivity contribution in [2.24, 2.45) is 0 Å². The minimum absolute atomic E-state index is 0.0249. The summed E-state index contributed by atoms with van der Waals surface area (Å²) in [5, 5.41) is 12.2. The van der Waals surface area contributed by atoms with Crippen LogP contribution in [-0.2, 0) is 12.8 Å². The Kier molecular flexibility index (Phi) is 3.69. The number of aryl methyl sites for hydroxylation is 2. The van der Waals surface area contributed by atoms with Gasteiger partial charge >= 0.3 is 5.97 Å². The standard InChI is InChI=1S/C15H12ClNO3S/c16-9-4-5-10(15(19)20)11(7-9)17-14(18)13-6-8-2-1-3-12(8)21-13/h4-7H,1-3H2,(H,17,18)(H,19,20). The highest BCUT2D eigenvalue weighted by Crippen LogP contribution is 2.31. The van der Waals surface area contributed by atoms with E-state index in [0.29, 0.717) is 9.90 Å². The number of aromatic carboxylic acids is 1. The molecule has 0 fully saturated rings. The number of carboxylic acids is 1. The largest absolute Gasteiger partial charge is 0.478 e. The average Bonchev–Trinajstić information content (AvgIpc) is 2.98. The Morgan fingerprint density at radius 1 is 1.24 bits per heavy atom. The average molecular weight is 322 g/mol. The Morgan fingerprint density at radius 2 is 2.05 bits per heavy atom. The van der Waals surface area contributed by atoms with Gasteiger partial charge in [0.05, 0.1) is 16.1 Å². The lowest BCUT2D eigenvalue weighted by atomic mass is 10.1. The van der Waals surface area contributed by atoms with Gasteiger partial charge in [-0.15, -0.1) is 11.3 Å². The second-order valence-corrected chi connectivity index (χ2v) is 6.43. The molecule has 0 spiro atoms. The van der Waals surface area contributed by atoms with Crippen molar-refractivity contribution in [1.29, 1.82) is 0 Å². The number of carboxylic acid groups (broad SMARTS) is 1. The van der Waals surface area contributed by atoms with Crippen LogP contribution in [-0.4, -0.2) is 17.0 Å². The van der Waals surface area contributed by atoms with Crippen molar-refractivity contribution in [3.63, 3.8) is 0 Å². The van der Waals surface area contributed by atoms with E-state index in [1.54, 1.807) is 0 Å². The van der Waals surface area contributed by atoms with Crippen LogP contribution in [0.4, 0.5) is 5.69 Å². The normalized spacial score (nSPS) is 13.0. The van der Waals surface area contributed by atoms with Crippen LogP contribution in [0.5, 0.6) is 0 Å². The lowest BCUT2D eigenvalue weighted by molar-refractivity contribution is 0.0698. The van der Waals surface area contributed by atoms with Gasteiger partial charge in [0.25, 0.3) is 5.91 Å². The molecule has 21 heavy (non-hydrogen) atoms. The first kappa shape index (κ1) is 14.1. The predicted molar refractivity (Wildman–Crippen MR) is 82.7 cm³/mol. The molecule has 1 amide bonds. The van der Waals surface area contributed by atoms with Gasteiger partial charge in [-0.3, -0.25) is 4.79 Å². The van der Waals surface area contributed by atoms with Gasteiger partial charge in [0, 0.05) is 9.90 Å². The number of carbonyl (C=O) groups is 2. The van der Waals surface area contributed by atoms with Crippen molar-refractivity contribution in [3.8, 4) is 0 Å². The Labute approximate surface area is 130 Å². The van der Waals surface area contributed by atoms with E-state index in [1.807, 2.05) is 6.07 Å². The van der Waals surface area contributed by atoms with Crippen LogP contribution in [0, 0.1) is 0 Å². The summed E-state index contributed by atoms with van der Waals surface area (Å²) in [4.78, 5) is 25.3. The monoisotopic (exact) mass is 321 g/mol. The van der Waals surface area contributed by atoms with Crippen molar-refractivity contribution < 1.29 is 14.7 Å². The fourth-order valence-corrected chi connectivity index (χ4v) is 3.75. The fraction of sp³-hybridized carbons (Fsp3) is 0.200. The summed E-state index contributed by atoms with van der Waals surface area (Å²) in [7, 11) is 0. The summed E-state index contributed by atoms with van der Waals surface area (Å²) in [6.45, 7) is 0. The van der Waals surface area contributed by atoms with Crippen LogP contribution < -0.4 is 5.32 Å². The van der Waals surface area contributed by atoms with Crippen LogP contribution in [0.2, 0.25) is 5.02 Å². The van der Waals surface area contributed by atoms with E-state index in [9.17, 15) is 9.59 Å². The third-order valence-corrected chi connectivity index (χ3v) is 4.90. The van der Waals surface area contributed by atoms with Gasteiger partial charge in [0.2, 0.25) is 0 Å². The SMILES string of the molecule is O=C(Nc1cc(Cl)ccc1C(=O)O)c1cc2c(s1)CCC2. The van der Waals surface area contributed by atoms with Crippen molar-refractivity contribution in [2.75, 3.05) is 5.32 Å². The quantitative estimate of drug-likeness (QED) is 0.902. The van der Waals surface area contributed by atoms with Crippen molar-refractivity contribution in [2.45, 2.75) is 19.3 Å². The third kappa shape index (κ3) is 2.80. The van der Waals surface area contributed by atoms with Crippen LogP contribution >= 0.6 is 22.9 Å². The van der Waals surface area contributed by atoms with Gasteiger partial charge < -0.3 is 10.4 Å². The van der Waals surface area contributed by atoms with E-state index >= 15 is 0 Å². The number of benzene rings is 1. The summed E-state index contributed by atoms with van der Waals surface area (Å²) in [6, 6.07) is 6.21. The molecular weight excluding hydrogens is 310 g/mol. The van der Waals surface area contributed by atoms with Crippen molar-refractivity contribution >= 4 is 40.5 Å². The summed E-state index contributed by atoms with van der Waals surface area (Å²) < 4.78 is 0. The third-order valence-electron chi connectivity index (χ3n) is 3.43. The summed E-state index contributed by atoms with van der Waals surface area (Å²) in [5.74, 6) is -1.39. The Bertz CT molecular complexity index is 717. The number of anilines is 1. The number of hydrogen-bond acceptors (Lipinski definition) is 3. The Morgan fingerprint density at radius 3 is 2.76 bits per heavy atom. The Hall–Kier alpha value is -1.85. The van der Waals surface area contributed by atoms with E-state index < -0.39 is 5.97 Å². The molecule has 108 valence electrons. The van der Waals surface area contributed by atoms with Gasteiger partial charge in [-0.2, -0.15) is 0 Å². The van der Waals surface area contributed by atoms with Gasteiger partial charge in [-0.1, -0.05) is 11.6 Å². The molecule has 2 N–H and O–H groups in total. The molecule has 1 heterocycles. The van der Waals surface area contributed by atoms with Crippen molar-refractivity contribution in [3.05, 3.63) is 50.2 Å². The number of halogens is 1.